The molecule has 2 rings (SSSR count). The number of nitrogens with zero attached hydrogens (tertiary/aromatic N) is 1. The van der Waals surface area contributed by atoms with E-state index in [0.29, 0.717) is 36.8 Å². The zero-order chi connectivity index (χ0) is 20.5. The van der Waals surface area contributed by atoms with Crippen LogP contribution in [0.15, 0.2) is 42.5 Å². The first-order valence-electron chi connectivity index (χ1n) is 9.40. The molecule has 0 unspecified atom stereocenters. The van der Waals surface area contributed by atoms with E-state index in [9.17, 15) is 9.59 Å². The molecule has 1 N–H and O–H groups in total. The standard InChI is InChI=1S/C22H28N2O4/c1-5-24(15-17-10-11-19(28-6-2)20(13-17)27-4)21(25)14-23-22(26)18-9-7-8-16(3)12-18/h7-13H,5-6,14-15H2,1-4H3,(H,23,26). The fourth-order valence-corrected chi connectivity index (χ4v) is 2.84. The van der Waals surface area contributed by atoms with E-state index in [0.717, 1.165) is 11.1 Å². The lowest BCUT2D eigenvalue weighted by Gasteiger charge is -2.22. The number of rotatable bonds is 9. The van der Waals surface area contributed by atoms with Gasteiger partial charge in [-0.1, -0.05) is 23.8 Å². The molecule has 0 fully saturated rings. The fourth-order valence-electron chi connectivity index (χ4n) is 2.84. The van der Waals surface area contributed by atoms with Crippen LogP contribution in [0.3, 0.4) is 0 Å². The van der Waals surface area contributed by atoms with Crippen molar-refractivity contribution in [1.82, 2.24) is 10.2 Å². The zero-order valence-corrected chi connectivity index (χ0v) is 17.0. The van der Waals surface area contributed by atoms with Crippen LogP contribution >= 0.6 is 0 Å². The van der Waals surface area contributed by atoms with Gasteiger partial charge in [-0.2, -0.15) is 0 Å². The lowest BCUT2D eigenvalue weighted by atomic mass is 10.1. The average molecular weight is 384 g/mol. The second-order valence-corrected chi connectivity index (χ2v) is 6.38. The van der Waals surface area contributed by atoms with E-state index >= 15 is 0 Å². The normalized spacial score (nSPS) is 10.3. The van der Waals surface area contributed by atoms with Crippen LogP contribution in [0.25, 0.3) is 0 Å². The van der Waals surface area contributed by atoms with E-state index in [-0.39, 0.29) is 18.4 Å². The minimum Gasteiger partial charge on any atom is -0.493 e. The van der Waals surface area contributed by atoms with Crippen molar-refractivity contribution in [2.24, 2.45) is 0 Å². The van der Waals surface area contributed by atoms with E-state index in [1.54, 1.807) is 24.1 Å². The maximum absolute atomic E-state index is 12.6. The van der Waals surface area contributed by atoms with Crippen molar-refractivity contribution in [3.8, 4) is 11.5 Å². The molecular weight excluding hydrogens is 356 g/mol. The summed E-state index contributed by atoms with van der Waals surface area (Å²) in [6.45, 7) is 7.21. The SMILES string of the molecule is CCOc1ccc(CN(CC)C(=O)CNC(=O)c2cccc(C)c2)cc1OC. The Morgan fingerprint density at radius 1 is 1.07 bits per heavy atom. The highest BCUT2D eigenvalue weighted by Crippen LogP contribution is 2.28. The van der Waals surface area contributed by atoms with Crippen LogP contribution < -0.4 is 14.8 Å². The van der Waals surface area contributed by atoms with Gasteiger partial charge in [0.25, 0.3) is 5.91 Å². The molecule has 0 saturated heterocycles. The number of carbonyl (C=O) groups is 2. The molecule has 2 aromatic carbocycles. The molecule has 0 radical (unpaired) electrons. The Kier molecular flexibility index (Phi) is 7.87. The van der Waals surface area contributed by atoms with Crippen molar-refractivity contribution < 1.29 is 19.1 Å². The first-order chi connectivity index (χ1) is 13.5. The van der Waals surface area contributed by atoms with Gasteiger partial charge in [0.2, 0.25) is 5.91 Å². The van der Waals surface area contributed by atoms with Crippen LogP contribution in [0.5, 0.6) is 11.5 Å². The highest BCUT2D eigenvalue weighted by Gasteiger charge is 2.15. The third kappa shape index (κ3) is 5.74. The Balaban J connectivity index is 1.98. The summed E-state index contributed by atoms with van der Waals surface area (Å²) in [7, 11) is 1.59. The molecule has 0 aliphatic heterocycles. The number of benzene rings is 2. The zero-order valence-electron chi connectivity index (χ0n) is 17.0. The molecule has 150 valence electrons. The largest absolute Gasteiger partial charge is 0.493 e. The van der Waals surface area contributed by atoms with Crippen molar-refractivity contribution in [1.29, 1.82) is 0 Å². The van der Waals surface area contributed by atoms with E-state index in [1.165, 1.54) is 0 Å². The van der Waals surface area contributed by atoms with Crippen LogP contribution in [0.4, 0.5) is 0 Å². The Labute approximate surface area is 166 Å². The van der Waals surface area contributed by atoms with E-state index in [1.807, 2.05) is 51.1 Å². The number of likely N-dealkylation sites (N-methyl/N-ethyl adjacent to an activating group) is 1. The van der Waals surface area contributed by atoms with Gasteiger partial charge in [0.1, 0.15) is 0 Å². The minimum absolute atomic E-state index is 0.0468. The molecule has 6 heteroatoms. The summed E-state index contributed by atoms with van der Waals surface area (Å²) in [6, 6.07) is 12.9. The quantitative estimate of drug-likeness (QED) is 0.721. The predicted octanol–water partition coefficient (Wildman–Crippen LogP) is 3.18. The van der Waals surface area contributed by atoms with Gasteiger partial charge in [0.05, 0.1) is 20.3 Å². The summed E-state index contributed by atoms with van der Waals surface area (Å²) in [6.07, 6.45) is 0. The summed E-state index contributed by atoms with van der Waals surface area (Å²) in [4.78, 5) is 26.5. The van der Waals surface area contributed by atoms with E-state index in [2.05, 4.69) is 5.32 Å². The number of carbonyl (C=O) groups excluding carboxylic acids is 2. The second kappa shape index (κ2) is 10.3. The van der Waals surface area contributed by atoms with E-state index < -0.39 is 0 Å². The van der Waals surface area contributed by atoms with Gasteiger partial charge in [-0.15, -0.1) is 0 Å². The maximum atomic E-state index is 12.6. The smallest absolute Gasteiger partial charge is 0.251 e. The lowest BCUT2D eigenvalue weighted by molar-refractivity contribution is -0.130. The third-order valence-corrected chi connectivity index (χ3v) is 4.32. The molecule has 2 amide bonds. The van der Waals surface area contributed by atoms with Crippen molar-refractivity contribution in [3.05, 3.63) is 59.2 Å². The Hall–Kier alpha value is -3.02. The summed E-state index contributed by atoms with van der Waals surface area (Å²) < 4.78 is 10.9. The molecule has 0 aliphatic carbocycles. The van der Waals surface area contributed by atoms with Crippen molar-refractivity contribution in [3.63, 3.8) is 0 Å². The van der Waals surface area contributed by atoms with Crippen LogP contribution in [0.1, 0.15) is 35.3 Å². The number of hydrogen-bond acceptors (Lipinski definition) is 4. The molecule has 0 bridgehead atoms. The van der Waals surface area contributed by atoms with Crippen LogP contribution in [0.2, 0.25) is 0 Å². The summed E-state index contributed by atoms with van der Waals surface area (Å²) in [5, 5.41) is 2.70. The number of hydrogen-bond donors (Lipinski definition) is 1. The molecular formula is C22H28N2O4. The Morgan fingerprint density at radius 2 is 1.86 bits per heavy atom. The summed E-state index contributed by atoms with van der Waals surface area (Å²) >= 11 is 0. The highest BCUT2D eigenvalue weighted by molar-refractivity contribution is 5.96. The van der Waals surface area contributed by atoms with Crippen LogP contribution in [-0.4, -0.2) is 43.5 Å². The maximum Gasteiger partial charge on any atom is 0.251 e. The highest BCUT2D eigenvalue weighted by atomic mass is 16.5. The Bertz CT molecular complexity index is 820. The van der Waals surface area contributed by atoms with Crippen molar-refractivity contribution in [2.75, 3.05) is 26.8 Å². The number of nitrogens with one attached hydrogen (secondary N) is 1. The predicted molar refractivity (Wildman–Crippen MR) is 109 cm³/mol. The van der Waals surface area contributed by atoms with Crippen molar-refractivity contribution in [2.45, 2.75) is 27.3 Å². The number of ether oxygens (including phenoxy) is 2. The van der Waals surface area contributed by atoms with Gasteiger partial charge in [0, 0.05) is 18.7 Å². The monoisotopic (exact) mass is 384 g/mol. The minimum atomic E-state index is -0.254. The van der Waals surface area contributed by atoms with Crippen LogP contribution in [0, 0.1) is 6.92 Å². The molecule has 0 aliphatic rings. The second-order valence-electron chi connectivity index (χ2n) is 6.38. The first kappa shape index (κ1) is 21.3. The van der Waals surface area contributed by atoms with Crippen LogP contribution in [-0.2, 0) is 11.3 Å². The summed E-state index contributed by atoms with van der Waals surface area (Å²) in [5.41, 5.74) is 2.48. The number of amides is 2. The fraction of sp³-hybridized carbons (Fsp3) is 0.364. The molecule has 0 atom stereocenters. The topological polar surface area (TPSA) is 67.9 Å². The molecule has 2 aromatic rings. The molecule has 0 saturated carbocycles. The average Bonchev–Trinajstić information content (AvgIpc) is 2.71. The van der Waals surface area contributed by atoms with Gasteiger partial charge < -0.3 is 19.7 Å². The first-order valence-corrected chi connectivity index (χ1v) is 9.40. The molecule has 0 aromatic heterocycles. The molecule has 0 spiro atoms. The van der Waals surface area contributed by atoms with Gasteiger partial charge in [0.15, 0.2) is 11.5 Å². The van der Waals surface area contributed by atoms with Gasteiger partial charge in [-0.25, -0.2) is 0 Å². The lowest BCUT2D eigenvalue weighted by Crippen LogP contribution is -2.39. The molecule has 6 nitrogen and oxygen atoms in total. The van der Waals surface area contributed by atoms with Crippen molar-refractivity contribution >= 4 is 11.8 Å². The van der Waals surface area contributed by atoms with Gasteiger partial charge >= 0.3 is 0 Å². The molecule has 28 heavy (non-hydrogen) atoms. The third-order valence-electron chi connectivity index (χ3n) is 4.32. The number of aryl methyl sites for hydroxylation is 1. The van der Waals surface area contributed by atoms with Gasteiger partial charge in [-0.05, 0) is 50.6 Å². The number of methoxy groups -OCH3 is 1. The van der Waals surface area contributed by atoms with E-state index in [4.69, 9.17) is 9.47 Å². The molecule has 0 heterocycles. The Morgan fingerprint density at radius 3 is 2.50 bits per heavy atom. The summed E-state index contributed by atoms with van der Waals surface area (Å²) in [5.74, 6) is 0.913. The van der Waals surface area contributed by atoms with Gasteiger partial charge in [-0.3, -0.25) is 9.59 Å².